The Morgan fingerprint density at radius 3 is 2.81 bits per heavy atom. The third-order valence-corrected chi connectivity index (χ3v) is 4.64. The largest absolute Gasteiger partial charge is 0.368 e. The van der Waals surface area contributed by atoms with E-state index in [1.165, 1.54) is 0 Å². The van der Waals surface area contributed by atoms with Crippen molar-refractivity contribution in [2.45, 2.75) is 19.4 Å². The van der Waals surface area contributed by atoms with Crippen LogP contribution < -0.4 is 0 Å². The minimum Gasteiger partial charge on any atom is -0.368 e. The third-order valence-electron chi connectivity index (χ3n) is 4.64. The fraction of sp³-hybridized carbons (Fsp3) is 0.389. The molecule has 9 nitrogen and oxygen atoms in total. The summed E-state index contributed by atoms with van der Waals surface area (Å²) in [7, 11) is 1.88. The first-order chi connectivity index (χ1) is 13.1. The first-order valence-electron chi connectivity index (χ1n) is 8.72. The maximum atomic E-state index is 12.6. The first kappa shape index (κ1) is 17.3. The zero-order valence-electron chi connectivity index (χ0n) is 15.2. The number of nitrogens with zero attached hydrogens (tertiary/aromatic N) is 6. The van der Waals surface area contributed by atoms with Crippen LogP contribution in [0.2, 0.25) is 0 Å². The Morgan fingerprint density at radius 2 is 2.15 bits per heavy atom. The molecule has 4 heterocycles. The second kappa shape index (κ2) is 7.28. The maximum absolute atomic E-state index is 12.6. The van der Waals surface area contributed by atoms with E-state index in [-0.39, 0.29) is 18.4 Å². The number of hydrogen-bond donors (Lipinski definition) is 0. The van der Waals surface area contributed by atoms with Gasteiger partial charge in [-0.3, -0.25) is 14.5 Å². The Hall–Kier alpha value is -3.07. The van der Waals surface area contributed by atoms with Crippen molar-refractivity contribution in [1.29, 1.82) is 0 Å². The molecular formula is C18H20N6O3. The molecule has 3 aromatic heterocycles. The lowest BCUT2D eigenvalue weighted by Gasteiger charge is -2.32. The summed E-state index contributed by atoms with van der Waals surface area (Å²) in [6.07, 6.45) is 5.47. The molecule has 140 valence electrons. The van der Waals surface area contributed by atoms with Crippen LogP contribution in [-0.2, 0) is 23.0 Å². The van der Waals surface area contributed by atoms with Crippen LogP contribution in [0.3, 0.4) is 0 Å². The summed E-state index contributed by atoms with van der Waals surface area (Å²) in [6, 6.07) is 3.93. The quantitative estimate of drug-likeness (QED) is 0.685. The summed E-state index contributed by atoms with van der Waals surface area (Å²) in [6.45, 7) is 3.25. The van der Waals surface area contributed by atoms with Crippen LogP contribution >= 0.6 is 0 Å². The van der Waals surface area contributed by atoms with Crippen LogP contribution in [0.25, 0.3) is 11.1 Å². The molecule has 0 aliphatic carbocycles. The van der Waals surface area contributed by atoms with Gasteiger partial charge in [-0.15, -0.1) is 0 Å². The zero-order chi connectivity index (χ0) is 18.8. The van der Waals surface area contributed by atoms with Gasteiger partial charge in [0.05, 0.1) is 31.5 Å². The minimum absolute atomic E-state index is 0.0194. The monoisotopic (exact) mass is 368 g/mol. The molecular weight excluding hydrogens is 348 g/mol. The lowest BCUT2D eigenvalue weighted by atomic mass is 10.1. The van der Waals surface area contributed by atoms with Crippen molar-refractivity contribution in [3.63, 3.8) is 0 Å². The number of hydrogen-bond acceptors (Lipinski definition) is 7. The van der Waals surface area contributed by atoms with Crippen molar-refractivity contribution in [3.05, 3.63) is 47.8 Å². The van der Waals surface area contributed by atoms with Crippen molar-refractivity contribution >= 4 is 5.91 Å². The summed E-state index contributed by atoms with van der Waals surface area (Å²) in [5, 5.41) is 11.7. The molecule has 9 heteroatoms. The van der Waals surface area contributed by atoms with E-state index in [0.29, 0.717) is 31.1 Å². The molecule has 0 saturated carbocycles. The van der Waals surface area contributed by atoms with Gasteiger partial charge in [-0.25, -0.2) is 4.63 Å². The van der Waals surface area contributed by atoms with E-state index in [9.17, 15) is 4.79 Å². The van der Waals surface area contributed by atoms with Crippen LogP contribution in [0.15, 0.2) is 35.4 Å². The number of morpholine rings is 1. The molecule has 1 aliphatic heterocycles. The van der Waals surface area contributed by atoms with Crippen molar-refractivity contribution < 1.29 is 14.2 Å². The van der Waals surface area contributed by atoms with E-state index in [2.05, 4.69) is 25.0 Å². The van der Waals surface area contributed by atoms with Gasteiger partial charge < -0.3 is 9.64 Å². The number of aromatic nitrogens is 5. The van der Waals surface area contributed by atoms with Crippen LogP contribution in [-0.4, -0.2) is 55.6 Å². The highest BCUT2D eigenvalue weighted by Crippen LogP contribution is 2.24. The Morgan fingerprint density at radius 1 is 1.26 bits per heavy atom. The molecule has 0 radical (unpaired) electrons. The predicted octanol–water partition coefficient (Wildman–Crippen LogP) is 1.32. The lowest BCUT2D eigenvalue weighted by Crippen LogP contribution is -2.43. The molecule has 0 bridgehead atoms. The molecule has 4 rings (SSSR count). The fourth-order valence-corrected chi connectivity index (χ4v) is 3.06. The topological polar surface area (TPSA) is 99.2 Å². The number of ether oxygens (including phenoxy) is 1. The van der Waals surface area contributed by atoms with E-state index in [1.54, 1.807) is 28.9 Å². The Bertz CT molecular complexity index is 933. The molecule has 1 saturated heterocycles. The van der Waals surface area contributed by atoms with Crippen LogP contribution in [0, 0.1) is 6.92 Å². The molecule has 1 aliphatic rings. The molecule has 0 N–H and O–H groups in total. The molecule has 1 fully saturated rings. The van der Waals surface area contributed by atoms with Crippen LogP contribution in [0.1, 0.15) is 23.2 Å². The van der Waals surface area contributed by atoms with E-state index >= 15 is 0 Å². The molecule has 0 spiro atoms. The first-order valence-corrected chi connectivity index (χ1v) is 8.72. The summed E-state index contributed by atoms with van der Waals surface area (Å²) in [5.74, 6) is -0.0194. The minimum atomic E-state index is -0.248. The zero-order valence-corrected chi connectivity index (χ0v) is 15.2. The molecule has 1 amide bonds. The second-order valence-electron chi connectivity index (χ2n) is 6.55. The SMILES string of the molecule is Cc1nonc1CC(=O)N1CCO[C@@H](c2ccc(-c3cnn(C)c3)cn2)C1. The number of pyridine rings is 1. The average molecular weight is 368 g/mol. The number of aryl methyl sites for hydroxylation is 2. The van der Waals surface area contributed by atoms with E-state index < -0.39 is 0 Å². The Balaban J connectivity index is 1.43. The number of amides is 1. The standard InChI is InChI=1S/C18H20N6O3/c1-12-16(22-27-21-12)7-18(25)24-5-6-26-17(11-24)15-4-3-13(8-19-15)14-9-20-23(2)10-14/h3-4,8-10,17H,5-7,11H2,1-2H3/t17-/m1/s1. The van der Waals surface area contributed by atoms with Gasteiger partial charge in [-0.1, -0.05) is 16.4 Å². The van der Waals surface area contributed by atoms with Crippen molar-refractivity contribution in [3.8, 4) is 11.1 Å². The Kier molecular flexibility index (Phi) is 4.68. The van der Waals surface area contributed by atoms with Gasteiger partial charge in [-0.05, 0) is 13.0 Å². The van der Waals surface area contributed by atoms with Crippen molar-refractivity contribution in [2.75, 3.05) is 19.7 Å². The van der Waals surface area contributed by atoms with Crippen molar-refractivity contribution in [2.24, 2.45) is 7.05 Å². The predicted molar refractivity (Wildman–Crippen MR) is 94.5 cm³/mol. The summed E-state index contributed by atoms with van der Waals surface area (Å²) in [4.78, 5) is 18.9. The summed E-state index contributed by atoms with van der Waals surface area (Å²) < 4.78 is 12.2. The van der Waals surface area contributed by atoms with Gasteiger partial charge in [-0.2, -0.15) is 5.10 Å². The van der Waals surface area contributed by atoms with E-state index in [1.807, 2.05) is 25.4 Å². The lowest BCUT2D eigenvalue weighted by molar-refractivity contribution is -0.138. The molecule has 0 unspecified atom stereocenters. The summed E-state index contributed by atoms with van der Waals surface area (Å²) in [5.41, 5.74) is 4.02. The molecule has 3 aromatic rings. The Labute approximate surface area is 155 Å². The number of rotatable bonds is 4. The smallest absolute Gasteiger partial charge is 0.228 e. The van der Waals surface area contributed by atoms with Gasteiger partial charge in [0.25, 0.3) is 0 Å². The van der Waals surface area contributed by atoms with Gasteiger partial charge in [0.1, 0.15) is 17.5 Å². The number of carbonyl (C=O) groups excluding carboxylic acids is 1. The molecule has 1 atom stereocenters. The summed E-state index contributed by atoms with van der Waals surface area (Å²) >= 11 is 0. The van der Waals surface area contributed by atoms with Gasteiger partial charge in [0, 0.05) is 37.1 Å². The van der Waals surface area contributed by atoms with E-state index in [0.717, 1.165) is 16.8 Å². The van der Waals surface area contributed by atoms with Gasteiger partial charge in [0.15, 0.2) is 0 Å². The average Bonchev–Trinajstić information content (AvgIpc) is 3.30. The molecule has 0 aromatic carbocycles. The third kappa shape index (κ3) is 3.72. The highest BCUT2D eigenvalue weighted by molar-refractivity contribution is 5.78. The maximum Gasteiger partial charge on any atom is 0.228 e. The highest BCUT2D eigenvalue weighted by Gasteiger charge is 2.27. The van der Waals surface area contributed by atoms with Crippen LogP contribution in [0.5, 0.6) is 0 Å². The van der Waals surface area contributed by atoms with Crippen molar-refractivity contribution in [1.82, 2.24) is 30.0 Å². The number of carbonyl (C=O) groups is 1. The second-order valence-corrected chi connectivity index (χ2v) is 6.55. The highest BCUT2D eigenvalue weighted by atomic mass is 16.6. The van der Waals surface area contributed by atoms with Gasteiger partial charge in [0.2, 0.25) is 5.91 Å². The molecule has 27 heavy (non-hydrogen) atoms. The van der Waals surface area contributed by atoms with Gasteiger partial charge >= 0.3 is 0 Å². The van der Waals surface area contributed by atoms with E-state index in [4.69, 9.17) is 4.74 Å². The fourth-order valence-electron chi connectivity index (χ4n) is 3.06. The van der Waals surface area contributed by atoms with Crippen LogP contribution in [0.4, 0.5) is 0 Å². The normalized spacial score (nSPS) is 17.3.